The predicted molar refractivity (Wildman–Crippen MR) is 112 cm³/mol. The molecule has 1 aliphatic rings. The Morgan fingerprint density at radius 2 is 1.72 bits per heavy atom. The maximum Gasteiger partial charge on any atom is 0.246 e. The van der Waals surface area contributed by atoms with Gasteiger partial charge in [-0.1, -0.05) is 35.0 Å². The monoisotopic (exact) mass is 428 g/mol. The highest BCUT2D eigenvalue weighted by atomic mass is 79.9. The molecule has 0 radical (unpaired) electrons. The van der Waals surface area contributed by atoms with E-state index in [0.717, 1.165) is 41.9 Å². The van der Waals surface area contributed by atoms with E-state index in [0.29, 0.717) is 6.04 Å². The maximum atomic E-state index is 12.8. The number of carbonyl (C=O) groups is 1. The minimum atomic E-state index is 0. The molecule has 0 spiro atoms. The van der Waals surface area contributed by atoms with E-state index >= 15 is 0 Å². The third-order valence-corrected chi connectivity index (χ3v) is 5.31. The summed E-state index contributed by atoms with van der Waals surface area (Å²) in [5, 5.41) is 0. The molecule has 0 heterocycles. The Kier molecular flexibility index (Phi) is 9.77. The van der Waals surface area contributed by atoms with Crippen LogP contribution in [0, 0.1) is 5.92 Å². The Balaban J connectivity index is 0.00000312. The SMILES string of the molecule is CN(C)CCN(C(=O)C=Cc1ccc(Br)cc1)[C@H]1CC[C@H](C)CC1.Cl. The standard InChI is InChI=1S/C20H29BrN2O.ClH/c1-16-4-11-19(12-5-16)23(15-14-22(2)3)20(24)13-8-17-6-9-18(21)10-7-17;/h6-10,13,16,19H,4-5,11-12,14-15H2,1-3H3;1H/t16-,19-;. The molecule has 1 aliphatic carbocycles. The quantitative estimate of drug-likeness (QED) is 0.603. The van der Waals surface area contributed by atoms with Gasteiger partial charge in [0, 0.05) is 29.7 Å². The van der Waals surface area contributed by atoms with Crippen LogP contribution in [0.5, 0.6) is 0 Å². The zero-order chi connectivity index (χ0) is 17.5. The van der Waals surface area contributed by atoms with Gasteiger partial charge in [0.2, 0.25) is 5.91 Å². The first-order valence-corrected chi connectivity index (χ1v) is 9.64. The van der Waals surface area contributed by atoms with Crippen LogP contribution in [0.1, 0.15) is 38.2 Å². The van der Waals surface area contributed by atoms with Crippen molar-refractivity contribution in [3.05, 3.63) is 40.4 Å². The van der Waals surface area contributed by atoms with Gasteiger partial charge in [0.15, 0.2) is 0 Å². The van der Waals surface area contributed by atoms with Crippen LogP contribution in [0.4, 0.5) is 0 Å². The van der Waals surface area contributed by atoms with E-state index in [1.165, 1.54) is 12.8 Å². The molecule has 1 saturated carbocycles. The molecule has 140 valence electrons. The normalized spacial score (nSPS) is 20.5. The Bertz CT molecular complexity index is 551. The number of benzene rings is 1. The van der Waals surface area contributed by atoms with Crippen LogP contribution in [-0.4, -0.2) is 48.9 Å². The van der Waals surface area contributed by atoms with Crippen molar-refractivity contribution in [2.75, 3.05) is 27.2 Å². The second-order valence-electron chi connectivity index (χ2n) is 7.13. The van der Waals surface area contributed by atoms with Crippen molar-refractivity contribution in [1.82, 2.24) is 9.80 Å². The molecule has 0 atom stereocenters. The van der Waals surface area contributed by atoms with Crippen LogP contribution in [0.15, 0.2) is 34.8 Å². The molecule has 0 aromatic heterocycles. The van der Waals surface area contributed by atoms with Crippen LogP contribution in [0.25, 0.3) is 6.08 Å². The van der Waals surface area contributed by atoms with Gasteiger partial charge in [-0.3, -0.25) is 4.79 Å². The van der Waals surface area contributed by atoms with Crippen LogP contribution in [0.2, 0.25) is 0 Å². The molecule has 0 N–H and O–H groups in total. The average Bonchev–Trinajstić information content (AvgIpc) is 2.56. The van der Waals surface area contributed by atoms with E-state index in [1.807, 2.05) is 30.3 Å². The molecule has 5 heteroatoms. The number of nitrogens with zero attached hydrogens (tertiary/aromatic N) is 2. The van der Waals surface area contributed by atoms with E-state index in [4.69, 9.17) is 0 Å². The number of rotatable bonds is 6. The Hall–Kier alpha value is -0.840. The molecule has 0 bridgehead atoms. The van der Waals surface area contributed by atoms with Crippen LogP contribution >= 0.6 is 28.3 Å². The van der Waals surface area contributed by atoms with Crippen molar-refractivity contribution in [3.63, 3.8) is 0 Å². The lowest BCUT2D eigenvalue weighted by Crippen LogP contribution is -2.44. The summed E-state index contributed by atoms with van der Waals surface area (Å²) in [7, 11) is 4.12. The molecule has 0 unspecified atom stereocenters. The molecule has 1 aromatic carbocycles. The van der Waals surface area contributed by atoms with Gasteiger partial charge < -0.3 is 9.80 Å². The van der Waals surface area contributed by atoms with Crippen molar-refractivity contribution in [2.24, 2.45) is 5.92 Å². The van der Waals surface area contributed by atoms with Crippen LogP contribution in [0.3, 0.4) is 0 Å². The van der Waals surface area contributed by atoms with E-state index in [-0.39, 0.29) is 18.3 Å². The molecule has 25 heavy (non-hydrogen) atoms. The molecular formula is C20H30BrClN2O. The van der Waals surface area contributed by atoms with Crippen molar-refractivity contribution in [3.8, 4) is 0 Å². The van der Waals surface area contributed by atoms with Crippen molar-refractivity contribution in [2.45, 2.75) is 38.6 Å². The number of carbonyl (C=O) groups excluding carboxylic acids is 1. The van der Waals surface area contributed by atoms with Gasteiger partial charge in [-0.15, -0.1) is 12.4 Å². The Labute approximate surface area is 167 Å². The third kappa shape index (κ3) is 7.51. The summed E-state index contributed by atoms with van der Waals surface area (Å²) in [4.78, 5) is 17.0. The largest absolute Gasteiger partial charge is 0.335 e. The summed E-state index contributed by atoms with van der Waals surface area (Å²) < 4.78 is 1.05. The lowest BCUT2D eigenvalue weighted by molar-refractivity contribution is -0.129. The molecule has 0 saturated heterocycles. The summed E-state index contributed by atoms with van der Waals surface area (Å²) >= 11 is 3.44. The van der Waals surface area contributed by atoms with Gasteiger partial charge in [0.05, 0.1) is 0 Å². The molecule has 2 rings (SSSR count). The van der Waals surface area contributed by atoms with Gasteiger partial charge in [-0.2, -0.15) is 0 Å². The number of hydrogen-bond acceptors (Lipinski definition) is 2. The van der Waals surface area contributed by atoms with E-state index in [9.17, 15) is 4.79 Å². The number of halogens is 2. The first-order valence-electron chi connectivity index (χ1n) is 8.84. The number of likely N-dealkylation sites (N-methyl/N-ethyl adjacent to an activating group) is 1. The first-order chi connectivity index (χ1) is 11.5. The minimum absolute atomic E-state index is 0. The second-order valence-corrected chi connectivity index (χ2v) is 8.05. The zero-order valence-corrected chi connectivity index (χ0v) is 17.9. The minimum Gasteiger partial charge on any atom is -0.335 e. The van der Waals surface area contributed by atoms with E-state index < -0.39 is 0 Å². The third-order valence-electron chi connectivity index (χ3n) is 4.79. The highest BCUT2D eigenvalue weighted by Gasteiger charge is 2.26. The summed E-state index contributed by atoms with van der Waals surface area (Å²) in [5.41, 5.74) is 1.05. The van der Waals surface area contributed by atoms with Crippen molar-refractivity contribution < 1.29 is 4.79 Å². The summed E-state index contributed by atoms with van der Waals surface area (Å²) in [6.07, 6.45) is 8.37. The van der Waals surface area contributed by atoms with Gasteiger partial charge in [-0.05, 0) is 69.5 Å². The fraction of sp³-hybridized carbons (Fsp3) is 0.550. The van der Waals surface area contributed by atoms with Gasteiger partial charge in [0.25, 0.3) is 0 Å². The highest BCUT2D eigenvalue weighted by Crippen LogP contribution is 2.27. The second kappa shape index (κ2) is 11.0. The van der Waals surface area contributed by atoms with Crippen LogP contribution in [-0.2, 0) is 4.79 Å². The molecule has 1 fully saturated rings. The molecule has 1 amide bonds. The van der Waals surface area contributed by atoms with Crippen molar-refractivity contribution in [1.29, 1.82) is 0 Å². The topological polar surface area (TPSA) is 23.6 Å². The Morgan fingerprint density at radius 1 is 1.12 bits per heavy atom. The van der Waals surface area contributed by atoms with E-state index in [2.05, 4.69) is 46.7 Å². The lowest BCUT2D eigenvalue weighted by Gasteiger charge is -2.36. The summed E-state index contributed by atoms with van der Waals surface area (Å²) in [6, 6.07) is 8.41. The maximum absolute atomic E-state index is 12.8. The molecular weight excluding hydrogens is 400 g/mol. The zero-order valence-electron chi connectivity index (χ0n) is 15.5. The predicted octanol–water partition coefficient (Wildman–Crippen LogP) is 4.85. The van der Waals surface area contributed by atoms with Gasteiger partial charge in [-0.25, -0.2) is 0 Å². The van der Waals surface area contributed by atoms with Crippen LogP contribution < -0.4 is 0 Å². The Morgan fingerprint density at radius 3 is 2.28 bits per heavy atom. The summed E-state index contributed by atoms with van der Waals surface area (Å²) in [6.45, 7) is 4.02. The van der Waals surface area contributed by atoms with Gasteiger partial charge in [0.1, 0.15) is 0 Å². The number of amides is 1. The first kappa shape index (κ1) is 22.2. The average molecular weight is 430 g/mol. The summed E-state index contributed by atoms with van der Waals surface area (Å²) in [5.74, 6) is 0.935. The fourth-order valence-corrected chi connectivity index (χ4v) is 3.44. The number of hydrogen-bond donors (Lipinski definition) is 0. The lowest BCUT2D eigenvalue weighted by atomic mass is 9.86. The smallest absolute Gasteiger partial charge is 0.246 e. The van der Waals surface area contributed by atoms with E-state index in [1.54, 1.807) is 6.08 Å². The molecule has 1 aromatic rings. The molecule has 3 nitrogen and oxygen atoms in total. The van der Waals surface area contributed by atoms with Gasteiger partial charge >= 0.3 is 0 Å². The molecule has 0 aliphatic heterocycles. The highest BCUT2D eigenvalue weighted by molar-refractivity contribution is 9.10. The fourth-order valence-electron chi connectivity index (χ4n) is 3.17. The van der Waals surface area contributed by atoms with Crippen molar-refractivity contribution >= 4 is 40.3 Å².